The van der Waals surface area contributed by atoms with Crippen LogP contribution in [0.3, 0.4) is 0 Å². The molecule has 1 aromatic rings. The molecule has 0 radical (unpaired) electrons. The third-order valence-electron chi connectivity index (χ3n) is 3.42. The first-order valence-corrected chi connectivity index (χ1v) is 6.29. The Bertz CT molecular complexity index is 438. The molecule has 0 amide bonds. The highest BCUT2D eigenvalue weighted by molar-refractivity contribution is 5.50. The molecule has 0 aromatic carbocycles. The molecule has 2 heterocycles. The fourth-order valence-corrected chi connectivity index (χ4v) is 2.37. The number of anilines is 1. The van der Waals surface area contributed by atoms with Gasteiger partial charge in [-0.1, -0.05) is 0 Å². The Morgan fingerprint density at radius 3 is 3.06 bits per heavy atom. The number of hydrogen-bond acceptors (Lipinski definition) is 5. The Morgan fingerprint density at radius 2 is 2.28 bits per heavy atom. The van der Waals surface area contributed by atoms with Crippen molar-refractivity contribution in [3.05, 3.63) is 16.7 Å². The summed E-state index contributed by atoms with van der Waals surface area (Å²) in [4.78, 5) is 20.5. The summed E-state index contributed by atoms with van der Waals surface area (Å²) in [5.74, 6) is 0.908. The first-order valence-electron chi connectivity index (χ1n) is 6.29. The van der Waals surface area contributed by atoms with Crippen molar-refractivity contribution < 1.29 is 4.74 Å². The van der Waals surface area contributed by atoms with Crippen LogP contribution in [0.1, 0.15) is 19.3 Å². The molecule has 1 atom stereocenters. The molecule has 1 saturated heterocycles. The first kappa shape index (κ1) is 12.9. The molecular weight excluding hydrogens is 232 g/mol. The number of ether oxygens (including phenoxy) is 1. The van der Waals surface area contributed by atoms with E-state index in [1.807, 2.05) is 7.05 Å². The van der Waals surface area contributed by atoms with Gasteiger partial charge in [-0.05, 0) is 32.4 Å². The maximum absolute atomic E-state index is 11.7. The van der Waals surface area contributed by atoms with E-state index in [-0.39, 0.29) is 11.3 Å². The summed E-state index contributed by atoms with van der Waals surface area (Å²) in [6, 6.07) is 0.392. The summed E-state index contributed by atoms with van der Waals surface area (Å²) in [7, 11) is 3.47. The van der Waals surface area contributed by atoms with Crippen molar-refractivity contribution in [2.75, 3.05) is 32.1 Å². The van der Waals surface area contributed by atoms with Crippen molar-refractivity contribution in [3.8, 4) is 5.75 Å². The maximum atomic E-state index is 11.7. The van der Waals surface area contributed by atoms with E-state index >= 15 is 0 Å². The number of methoxy groups -OCH3 is 1. The van der Waals surface area contributed by atoms with Crippen LogP contribution in [-0.2, 0) is 0 Å². The molecule has 1 aliphatic rings. The lowest BCUT2D eigenvalue weighted by molar-refractivity contribution is 0.403. The van der Waals surface area contributed by atoms with Crippen LogP contribution in [-0.4, -0.2) is 43.3 Å². The highest BCUT2D eigenvalue weighted by Gasteiger charge is 2.21. The van der Waals surface area contributed by atoms with Gasteiger partial charge in [0.15, 0.2) is 5.82 Å². The second-order valence-corrected chi connectivity index (χ2v) is 4.53. The number of nitrogens with one attached hydrogen (secondary N) is 2. The van der Waals surface area contributed by atoms with Crippen molar-refractivity contribution in [1.82, 2.24) is 15.3 Å². The summed E-state index contributed by atoms with van der Waals surface area (Å²) in [5.41, 5.74) is -0.235. The standard InChI is InChI=1S/C12H20N4O2/c1-16(9-4-3-6-13-7-5-9)11-10(18-2)12(17)15-8-14-11/h8-9,13H,3-7H2,1-2H3,(H,14,15,17). The largest absolute Gasteiger partial charge is 0.489 e. The smallest absolute Gasteiger partial charge is 0.295 e. The minimum Gasteiger partial charge on any atom is -0.489 e. The fraction of sp³-hybridized carbons (Fsp3) is 0.667. The molecular formula is C12H20N4O2. The quantitative estimate of drug-likeness (QED) is 0.812. The second-order valence-electron chi connectivity index (χ2n) is 4.53. The molecule has 0 bridgehead atoms. The monoisotopic (exact) mass is 252 g/mol. The average Bonchev–Trinajstić information content (AvgIpc) is 2.66. The Labute approximate surface area is 106 Å². The molecule has 100 valence electrons. The molecule has 0 aliphatic carbocycles. The lowest BCUT2D eigenvalue weighted by Crippen LogP contribution is -2.34. The topological polar surface area (TPSA) is 70.2 Å². The van der Waals surface area contributed by atoms with Crippen LogP contribution >= 0.6 is 0 Å². The van der Waals surface area contributed by atoms with Crippen molar-refractivity contribution in [2.45, 2.75) is 25.3 Å². The second kappa shape index (κ2) is 5.86. The first-order chi connectivity index (χ1) is 8.74. The normalized spacial score (nSPS) is 20.2. The maximum Gasteiger partial charge on any atom is 0.295 e. The van der Waals surface area contributed by atoms with Gasteiger partial charge in [-0.15, -0.1) is 0 Å². The summed E-state index contributed by atoms with van der Waals surface area (Å²) >= 11 is 0. The lowest BCUT2D eigenvalue weighted by atomic mass is 10.1. The zero-order valence-electron chi connectivity index (χ0n) is 10.9. The van der Waals surface area contributed by atoms with Gasteiger partial charge in [-0.25, -0.2) is 4.98 Å². The Balaban J connectivity index is 2.24. The Kier molecular flexibility index (Phi) is 4.19. The summed E-state index contributed by atoms with van der Waals surface area (Å²) in [5, 5.41) is 3.38. The molecule has 1 aliphatic heterocycles. The molecule has 6 nitrogen and oxygen atoms in total. The Hall–Kier alpha value is -1.56. The van der Waals surface area contributed by atoms with Crippen LogP contribution in [0, 0.1) is 0 Å². The molecule has 1 fully saturated rings. The third kappa shape index (κ3) is 2.64. The number of aromatic amines is 1. The van der Waals surface area contributed by atoms with Crippen LogP contribution in [0.2, 0.25) is 0 Å². The SMILES string of the molecule is COc1c(N(C)C2CCCNCC2)nc[nH]c1=O. The van der Waals surface area contributed by atoms with E-state index in [0.29, 0.717) is 11.9 Å². The minimum atomic E-state index is -0.235. The number of hydrogen-bond donors (Lipinski definition) is 2. The van der Waals surface area contributed by atoms with Crippen LogP contribution < -0.4 is 20.5 Å². The zero-order valence-corrected chi connectivity index (χ0v) is 10.9. The number of aromatic nitrogens is 2. The van der Waals surface area contributed by atoms with Gasteiger partial charge >= 0.3 is 0 Å². The van der Waals surface area contributed by atoms with Crippen LogP contribution in [0.25, 0.3) is 0 Å². The van der Waals surface area contributed by atoms with Crippen LogP contribution in [0.15, 0.2) is 11.1 Å². The van der Waals surface area contributed by atoms with E-state index in [9.17, 15) is 4.79 Å². The van der Waals surface area contributed by atoms with Crippen molar-refractivity contribution in [3.63, 3.8) is 0 Å². The van der Waals surface area contributed by atoms with Gasteiger partial charge in [0.1, 0.15) is 0 Å². The predicted octanol–water partition coefficient (Wildman–Crippen LogP) is 0.357. The number of rotatable bonds is 3. The van der Waals surface area contributed by atoms with Crippen LogP contribution in [0.5, 0.6) is 5.75 Å². The molecule has 1 unspecified atom stereocenters. The molecule has 2 rings (SSSR count). The van der Waals surface area contributed by atoms with Gasteiger partial charge < -0.3 is 19.9 Å². The van der Waals surface area contributed by atoms with Crippen molar-refractivity contribution in [2.24, 2.45) is 0 Å². The third-order valence-corrected chi connectivity index (χ3v) is 3.42. The van der Waals surface area contributed by atoms with Gasteiger partial charge in [0.25, 0.3) is 5.56 Å². The van der Waals surface area contributed by atoms with Gasteiger partial charge in [0.2, 0.25) is 5.75 Å². The van der Waals surface area contributed by atoms with Gasteiger partial charge in [-0.2, -0.15) is 0 Å². The zero-order chi connectivity index (χ0) is 13.0. The Morgan fingerprint density at radius 1 is 1.44 bits per heavy atom. The fourth-order valence-electron chi connectivity index (χ4n) is 2.37. The molecule has 1 aromatic heterocycles. The van der Waals surface area contributed by atoms with E-state index in [1.54, 1.807) is 0 Å². The van der Waals surface area contributed by atoms with Gasteiger partial charge in [0, 0.05) is 13.1 Å². The molecule has 18 heavy (non-hydrogen) atoms. The number of nitrogens with zero attached hydrogens (tertiary/aromatic N) is 2. The lowest BCUT2D eigenvalue weighted by Gasteiger charge is -2.28. The molecule has 0 saturated carbocycles. The van der Waals surface area contributed by atoms with Gasteiger partial charge in [-0.3, -0.25) is 4.79 Å². The van der Waals surface area contributed by atoms with Crippen molar-refractivity contribution in [1.29, 1.82) is 0 Å². The van der Waals surface area contributed by atoms with E-state index in [4.69, 9.17) is 4.74 Å². The van der Waals surface area contributed by atoms with Crippen molar-refractivity contribution >= 4 is 5.82 Å². The molecule has 2 N–H and O–H groups in total. The summed E-state index contributed by atoms with van der Waals surface area (Å²) < 4.78 is 5.16. The summed E-state index contributed by atoms with van der Waals surface area (Å²) in [6.07, 6.45) is 4.71. The predicted molar refractivity (Wildman–Crippen MR) is 70.3 cm³/mol. The summed E-state index contributed by atoms with van der Waals surface area (Å²) in [6.45, 7) is 2.06. The van der Waals surface area contributed by atoms with Crippen LogP contribution in [0.4, 0.5) is 5.82 Å². The van der Waals surface area contributed by atoms with E-state index < -0.39 is 0 Å². The van der Waals surface area contributed by atoms with E-state index in [0.717, 1.165) is 32.4 Å². The average molecular weight is 252 g/mol. The minimum absolute atomic E-state index is 0.235. The molecule has 0 spiro atoms. The number of H-pyrrole nitrogens is 1. The van der Waals surface area contributed by atoms with Gasteiger partial charge in [0.05, 0.1) is 13.4 Å². The van der Waals surface area contributed by atoms with E-state index in [2.05, 4.69) is 20.2 Å². The molecule has 6 heteroatoms. The highest BCUT2D eigenvalue weighted by atomic mass is 16.5. The highest BCUT2D eigenvalue weighted by Crippen LogP contribution is 2.24. The van der Waals surface area contributed by atoms with E-state index in [1.165, 1.54) is 13.4 Å².